The molecule has 3 rings (SSSR count). The summed E-state index contributed by atoms with van der Waals surface area (Å²) in [7, 11) is 0. The molecule has 1 aliphatic rings. The second-order valence-electron chi connectivity index (χ2n) is 7.27. The summed E-state index contributed by atoms with van der Waals surface area (Å²) in [6.07, 6.45) is 3.43. The fourth-order valence-electron chi connectivity index (χ4n) is 3.78. The average molecular weight is 353 g/mol. The van der Waals surface area contributed by atoms with Gasteiger partial charge in [0.05, 0.1) is 12.0 Å². The minimum atomic E-state index is -0.0433. The Balaban J connectivity index is 1.82. The fraction of sp³-hybridized carbons (Fsp3) is 0.429. The van der Waals surface area contributed by atoms with E-state index in [2.05, 4.69) is 51.2 Å². The molecular weight excluding hydrogens is 328 g/mol. The first-order chi connectivity index (χ1) is 11.9. The summed E-state index contributed by atoms with van der Waals surface area (Å²) in [6, 6.07) is 6.54. The van der Waals surface area contributed by atoms with Crippen molar-refractivity contribution in [2.24, 2.45) is 5.92 Å². The van der Waals surface area contributed by atoms with E-state index in [-0.39, 0.29) is 5.91 Å². The lowest BCUT2D eigenvalue weighted by molar-refractivity contribution is -0.115. The maximum atomic E-state index is 12.6. The minimum Gasteiger partial charge on any atom is -0.316 e. The lowest BCUT2D eigenvalue weighted by Crippen LogP contribution is -2.16. The number of aryl methyl sites for hydroxylation is 3. The van der Waals surface area contributed by atoms with Gasteiger partial charge in [0.1, 0.15) is 11.1 Å². The van der Waals surface area contributed by atoms with Crippen molar-refractivity contribution < 1.29 is 4.79 Å². The topological polar surface area (TPSA) is 52.9 Å². The van der Waals surface area contributed by atoms with E-state index in [4.69, 9.17) is 0 Å². The van der Waals surface area contributed by atoms with Gasteiger partial charge >= 0.3 is 0 Å². The predicted molar refractivity (Wildman–Crippen MR) is 103 cm³/mol. The molecule has 0 aliphatic heterocycles. The lowest BCUT2D eigenvalue weighted by atomic mass is 9.88. The van der Waals surface area contributed by atoms with Crippen molar-refractivity contribution in [3.05, 3.63) is 50.4 Å². The van der Waals surface area contributed by atoms with Crippen molar-refractivity contribution in [1.29, 1.82) is 5.26 Å². The van der Waals surface area contributed by atoms with E-state index in [0.717, 1.165) is 46.5 Å². The van der Waals surface area contributed by atoms with Crippen LogP contribution in [0.1, 0.15) is 51.6 Å². The first-order valence-corrected chi connectivity index (χ1v) is 9.62. The van der Waals surface area contributed by atoms with Gasteiger partial charge in [-0.1, -0.05) is 24.6 Å². The van der Waals surface area contributed by atoms with Gasteiger partial charge in [-0.15, -0.1) is 11.3 Å². The molecule has 0 saturated carbocycles. The van der Waals surface area contributed by atoms with Crippen LogP contribution in [0.5, 0.6) is 0 Å². The molecule has 1 heterocycles. The Labute approximate surface area is 153 Å². The third kappa shape index (κ3) is 3.62. The molecule has 2 aromatic rings. The molecule has 1 aromatic carbocycles. The molecular formula is C21H24N2OS. The average Bonchev–Trinajstić information content (AvgIpc) is 2.86. The summed E-state index contributed by atoms with van der Waals surface area (Å²) < 4.78 is 0. The maximum Gasteiger partial charge on any atom is 0.229 e. The second kappa shape index (κ2) is 7.01. The third-order valence-electron chi connectivity index (χ3n) is 5.05. The standard InChI is InChI=1S/C21H24N2OS/c1-12-5-6-16-18(11-22)21(25-19(16)9-12)23-20(24)10-17-14(3)7-13(2)8-15(17)4/h7-8,12H,5-6,9-10H2,1-4H3,(H,23,24). The summed E-state index contributed by atoms with van der Waals surface area (Å²) >= 11 is 1.59. The van der Waals surface area contributed by atoms with Crippen molar-refractivity contribution in [3.8, 4) is 6.07 Å². The third-order valence-corrected chi connectivity index (χ3v) is 6.22. The van der Waals surface area contributed by atoms with Crippen LogP contribution in [-0.2, 0) is 24.1 Å². The normalized spacial score (nSPS) is 16.2. The highest BCUT2D eigenvalue weighted by atomic mass is 32.1. The van der Waals surface area contributed by atoms with Crippen molar-refractivity contribution >= 4 is 22.2 Å². The van der Waals surface area contributed by atoms with Crippen LogP contribution in [-0.4, -0.2) is 5.91 Å². The smallest absolute Gasteiger partial charge is 0.229 e. The van der Waals surface area contributed by atoms with Crippen LogP contribution in [0.15, 0.2) is 12.1 Å². The molecule has 0 radical (unpaired) electrons. The first-order valence-electron chi connectivity index (χ1n) is 8.80. The molecule has 1 atom stereocenters. The van der Waals surface area contributed by atoms with Gasteiger partial charge in [0, 0.05) is 4.88 Å². The number of nitrogens with one attached hydrogen (secondary N) is 1. The van der Waals surface area contributed by atoms with E-state index in [0.29, 0.717) is 17.9 Å². The molecule has 1 aromatic heterocycles. The second-order valence-corrected chi connectivity index (χ2v) is 8.38. The Morgan fingerprint density at radius 3 is 2.64 bits per heavy atom. The van der Waals surface area contributed by atoms with Crippen LogP contribution in [0.3, 0.4) is 0 Å². The summed E-state index contributed by atoms with van der Waals surface area (Å²) in [6.45, 7) is 8.42. The highest BCUT2D eigenvalue weighted by molar-refractivity contribution is 7.16. The lowest BCUT2D eigenvalue weighted by Gasteiger charge is -2.17. The van der Waals surface area contributed by atoms with Crippen LogP contribution in [0.25, 0.3) is 0 Å². The summed E-state index contributed by atoms with van der Waals surface area (Å²) in [5.74, 6) is 0.609. The molecule has 1 aliphatic carbocycles. The largest absolute Gasteiger partial charge is 0.316 e. The fourth-order valence-corrected chi connectivity index (χ4v) is 5.15. The number of carbonyl (C=O) groups is 1. The van der Waals surface area contributed by atoms with E-state index < -0.39 is 0 Å². The van der Waals surface area contributed by atoms with Gasteiger partial charge in [-0.2, -0.15) is 5.26 Å². The Kier molecular flexibility index (Phi) is 4.96. The first kappa shape index (κ1) is 17.7. The van der Waals surface area contributed by atoms with E-state index in [1.165, 1.54) is 10.4 Å². The Morgan fingerprint density at radius 1 is 1.32 bits per heavy atom. The number of carbonyl (C=O) groups excluding carboxylic acids is 1. The number of hydrogen-bond acceptors (Lipinski definition) is 3. The van der Waals surface area contributed by atoms with Gasteiger partial charge in [0.2, 0.25) is 5.91 Å². The Morgan fingerprint density at radius 2 is 2.00 bits per heavy atom. The van der Waals surface area contributed by atoms with E-state index in [1.807, 2.05) is 0 Å². The zero-order valence-corrected chi connectivity index (χ0v) is 16.1. The predicted octanol–water partition coefficient (Wildman–Crippen LogP) is 4.85. The number of amides is 1. The van der Waals surface area contributed by atoms with Crippen molar-refractivity contribution in [2.45, 2.75) is 53.4 Å². The molecule has 1 amide bonds. The van der Waals surface area contributed by atoms with E-state index in [9.17, 15) is 10.1 Å². The zero-order chi connectivity index (χ0) is 18.1. The van der Waals surface area contributed by atoms with Crippen LogP contribution in [0.2, 0.25) is 0 Å². The van der Waals surface area contributed by atoms with Gasteiger partial charge in [-0.25, -0.2) is 0 Å². The van der Waals surface area contributed by atoms with Crippen molar-refractivity contribution in [1.82, 2.24) is 0 Å². The van der Waals surface area contributed by atoms with Crippen molar-refractivity contribution in [3.63, 3.8) is 0 Å². The number of thiophene rings is 1. The molecule has 1 N–H and O–H groups in total. The highest BCUT2D eigenvalue weighted by Gasteiger charge is 2.24. The number of anilines is 1. The SMILES string of the molecule is Cc1cc(C)c(CC(=O)Nc2sc3c(c2C#N)CCC(C)C3)c(C)c1. The number of fused-ring (bicyclic) bond motifs is 1. The molecule has 1 unspecified atom stereocenters. The number of rotatable bonds is 3. The molecule has 0 saturated heterocycles. The summed E-state index contributed by atoms with van der Waals surface area (Å²) in [4.78, 5) is 13.9. The molecule has 130 valence electrons. The number of hydrogen-bond donors (Lipinski definition) is 1. The zero-order valence-electron chi connectivity index (χ0n) is 15.3. The molecule has 0 fully saturated rings. The minimum absolute atomic E-state index is 0.0433. The van der Waals surface area contributed by atoms with Crippen LogP contribution >= 0.6 is 11.3 Å². The van der Waals surface area contributed by atoms with E-state index in [1.54, 1.807) is 11.3 Å². The van der Waals surface area contributed by atoms with Gasteiger partial charge in [-0.05, 0) is 68.2 Å². The number of nitriles is 1. The Hall–Kier alpha value is -2.12. The van der Waals surface area contributed by atoms with Crippen molar-refractivity contribution in [2.75, 3.05) is 5.32 Å². The van der Waals surface area contributed by atoms with Crippen LogP contribution in [0.4, 0.5) is 5.00 Å². The van der Waals surface area contributed by atoms with Crippen LogP contribution in [0, 0.1) is 38.0 Å². The molecule has 25 heavy (non-hydrogen) atoms. The number of nitrogens with zero attached hydrogens (tertiary/aromatic N) is 1. The van der Waals surface area contributed by atoms with E-state index >= 15 is 0 Å². The maximum absolute atomic E-state index is 12.6. The van der Waals surface area contributed by atoms with Gasteiger partial charge in [-0.3, -0.25) is 4.79 Å². The summed E-state index contributed by atoms with van der Waals surface area (Å²) in [5, 5.41) is 13.3. The quantitative estimate of drug-likeness (QED) is 0.858. The monoisotopic (exact) mass is 352 g/mol. The highest BCUT2D eigenvalue weighted by Crippen LogP contribution is 2.39. The van der Waals surface area contributed by atoms with Crippen LogP contribution < -0.4 is 5.32 Å². The molecule has 0 spiro atoms. The summed E-state index contributed by atoms with van der Waals surface area (Å²) in [5.41, 5.74) is 6.42. The van der Waals surface area contributed by atoms with Gasteiger partial charge < -0.3 is 5.32 Å². The molecule has 0 bridgehead atoms. The molecule has 3 nitrogen and oxygen atoms in total. The Bertz CT molecular complexity index is 850. The number of benzene rings is 1. The molecule has 4 heteroatoms. The van der Waals surface area contributed by atoms with Gasteiger partial charge in [0.25, 0.3) is 0 Å². The van der Waals surface area contributed by atoms with Gasteiger partial charge in [0.15, 0.2) is 0 Å².